The quantitative estimate of drug-likeness (QED) is 0.814. The second kappa shape index (κ2) is 6.83. The first-order valence-electron chi connectivity index (χ1n) is 6.65. The number of aromatic nitrogens is 1. The van der Waals surface area contributed by atoms with E-state index in [2.05, 4.69) is 9.84 Å². The molecular weight excluding hydrogens is 304 g/mol. The van der Waals surface area contributed by atoms with Crippen molar-refractivity contribution in [2.45, 2.75) is 20.5 Å². The summed E-state index contributed by atoms with van der Waals surface area (Å²) in [4.78, 5) is 12.2. The van der Waals surface area contributed by atoms with E-state index in [1.54, 1.807) is 19.9 Å². The van der Waals surface area contributed by atoms with E-state index in [4.69, 9.17) is 5.26 Å². The number of pyridine rings is 1. The molecule has 2 rings (SSSR count). The fraction of sp³-hybridized carbons (Fsp3) is 0.188. The molecule has 0 amide bonds. The van der Waals surface area contributed by atoms with E-state index in [1.807, 2.05) is 6.07 Å². The molecule has 0 atom stereocenters. The highest BCUT2D eigenvalue weighted by Gasteiger charge is 2.09. The SMILES string of the molecule is Cc1cc(C)n(/N=C\c2ccc(OC(F)F)cc2)c(=O)c1C#N. The van der Waals surface area contributed by atoms with Gasteiger partial charge in [-0.2, -0.15) is 19.1 Å². The molecule has 0 aliphatic rings. The summed E-state index contributed by atoms with van der Waals surface area (Å²) in [5, 5.41) is 13.1. The molecule has 5 nitrogen and oxygen atoms in total. The van der Waals surface area contributed by atoms with Crippen molar-refractivity contribution < 1.29 is 13.5 Å². The summed E-state index contributed by atoms with van der Waals surface area (Å²) in [6, 6.07) is 9.36. The third kappa shape index (κ3) is 3.80. The van der Waals surface area contributed by atoms with Crippen LogP contribution in [-0.4, -0.2) is 17.5 Å². The molecule has 0 unspecified atom stereocenters. The van der Waals surface area contributed by atoms with Crippen molar-refractivity contribution in [2.75, 3.05) is 0 Å². The zero-order valence-electron chi connectivity index (χ0n) is 12.5. The van der Waals surface area contributed by atoms with Gasteiger partial charge < -0.3 is 4.74 Å². The summed E-state index contributed by atoms with van der Waals surface area (Å²) < 4.78 is 29.5. The Balaban J connectivity index is 2.31. The maximum Gasteiger partial charge on any atom is 0.387 e. The van der Waals surface area contributed by atoms with Crippen LogP contribution in [0.15, 0.2) is 40.2 Å². The van der Waals surface area contributed by atoms with Crippen LogP contribution in [0.1, 0.15) is 22.4 Å². The molecule has 0 aliphatic heterocycles. The molecule has 23 heavy (non-hydrogen) atoms. The molecular formula is C16H13F2N3O2. The Kier molecular flexibility index (Phi) is 4.86. The minimum atomic E-state index is -2.88. The van der Waals surface area contributed by atoms with Crippen LogP contribution in [0.4, 0.5) is 8.78 Å². The van der Waals surface area contributed by atoms with Gasteiger partial charge in [-0.1, -0.05) is 0 Å². The van der Waals surface area contributed by atoms with Gasteiger partial charge in [0, 0.05) is 5.69 Å². The molecule has 1 aromatic heterocycles. The zero-order valence-corrected chi connectivity index (χ0v) is 12.5. The Labute approximate surface area is 131 Å². The average Bonchev–Trinajstić information content (AvgIpc) is 2.48. The molecule has 0 bridgehead atoms. The molecule has 118 valence electrons. The molecule has 1 aromatic carbocycles. The number of ether oxygens (including phenoxy) is 1. The van der Waals surface area contributed by atoms with Crippen LogP contribution in [0.2, 0.25) is 0 Å². The van der Waals surface area contributed by atoms with Gasteiger partial charge in [-0.05, 0) is 55.3 Å². The fourth-order valence-electron chi connectivity index (χ4n) is 2.02. The van der Waals surface area contributed by atoms with Crippen LogP contribution in [-0.2, 0) is 0 Å². The van der Waals surface area contributed by atoms with Gasteiger partial charge in [0.15, 0.2) is 0 Å². The molecule has 0 saturated heterocycles. The highest BCUT2D eigenvalue weighted by molar-refractivity contribution is 5.79. The number of hydrogen-bond acceptors (Lipinski definition) is 4. The molecule has 0 fully saturated rings. The maximum atomic E-state index is 12.2. The van der Waals surface area contributed by atoms with Crippen molar-refractivity contribution in [1.82, 2.24) is 4.68 Å². The highest BCUT2D eigenvalue weighted by atomic mass is 19.3. The van der Waals surface area contributed by atoms with E-state index in [-0.39, 0.29) is 11.3 Å². The number of nitriles is 1. The fourth-order valence-corrected chi connectivity index (χ4v) is 2.02. The number of rotatable bonds is 4. The van der Waals surface area contributed by atoms with E-state index in [9.17, 15) is 13.6 Å². The summed E-state index contributed by atoms with van der Waals surface area (Å²) >= 11 is 0. The summed E-state index contributed by atoms with van der Waals surface area (Å²) in [5.74, 6) is 0.0348. The average molecular weight is 317 g/mol. The second-order valence-corrected chi connectivity index (χ2v) is 4.76. The lowest BCUT2D eigenvalue weighted by Gasteiger charge is -2.06. The second-order valence-electron chi connectivity index (χ2n) is 4.76. The third-order valence-corrected chi connectivity index (χ3v) is 3.10. The predicted molar refractivity (Wildman–Crippen MR) is 81.0 cm³/mol. The molecule has 7 heteroatoms. The molecule has 0 saturated carbocycles. The minimum absolute atomic E-state index is 0.0348. The summed E-state index contributed by atoms with van der Waals surface area (Å²) in [6.07, 6.45) is 1.40. The van der Waals surface area contributed by atoms with Crippen molar-refractivity contribution in [3.63, 3.8) is 0 Å². The Morgan fingerprint density at radius 3 is 2.52 bits per heavy atom. The minimum Gasteiger partial charge on any atom is -0.435 e. The van der Waals surface area contributed by atoms with Crippen LogP contribution in [0, 0.1) is 25.2 Å². The van der Waals surface area contributed by atoms with Crippen LogP contribution in [0.3, 0.4) is 0 Å². The number of alkyl halides is 2. The maximum absolute atomic E-state index is 12.2. The summed E-state index contributed by atoms with van der Waals surface area (Å²) in [5.41, 5.74) is 1.31. The van der Waals surface area contributed by atoms with Gasteiger partial charge in [0.25, 0.3) is 5.56 Å². The normalized spacial score (nSPS) is 11.0. The van der Waals surface area contributed by atoms with E-state index >= 15 is 0 Å². The van der Waals surface area contributed by atoms with Gasteiger partial charge >= 0.3 is 6.61 Å². The molecule has 2 aromatic rings. The van der Waals surface area contributed by atoms with Crippen molar-refractivity contribution in [2.24, 2.45) is 5.10 Å². The first-order valence-corrected chi connectivity index (χ1v) is 6.65. The van der Waals surface area contributed by atoms with Crippen molar-refractivity contribution >= 4 is 6.21 Å². The molecule has 1 heterocycles. The lowest BCUT2D eigenvalue weighted by molar-refractivity contribution is -0.0498. The van der Waals surface area contributed by atoms with Gasteiger partial charge in [0.1, 0.15) is 17.4 Å². The van der Waals surface area contributed by atoms with Crippen molar-refractivity contribution in [1.29, 1.82) is 5.26 Å². The van der Waals surface area contributed by atoms with Crippen molar-refractivity contribution in [3.8, 4) is 11.8 Å². The zero-order chi connectivity index (χ0) is 17.0. The van der Waals surface area contributed by atoms with Crippen LogP contribution >= 0.6 is 0 Å². The molecule has 0 aliphatic carbocycles. The van der Waals surface area contributed by atoms with E-state index < -0.39 is 12.2 Å². The third-order valence-electron chi connectivity index (χ3n) is 3.10. The summed E-state index contributed by atoms with van der Waals surface area (Å²) in [7, 11) is 0. The molecule has 0 spiro atoms. The standard InChI is InChI=1S/C16H13F2N3O2/c1-10-7-11(2)21(15(22)14(10)8-19)20-9-12-3-5-13(6-4-12)23-16(17)18/h3-7,9,16H,1-2H3/b20-9-. The van der Waals surface area contributed by atoms with Gasteiger partial charge in [0.2, 0.25) is 0 Å². The lowest BCUT2D eigenvalue weighted by Crippen LogP contribution is -2.22. The Morgan fingerprint density at radius 1 is 1.30 bits per heavy atom. The van der Waals surface area contributed by atoms with E-state index in [1.165, 1.54) is 30.5 Å². The largest absolute Gasteiger partial charge is 0.435 e. The number of nitrogens with zero attached hydrogens (tertiary/aromatic N) is 3. The number of hydrogen-bond donors (Lipinski definition) is 0. The smallest absolute Gasteiger partial charge is 0.387 e. The van der Waals surface area contributed by atoms with Crippen LogP contribution < -0.4 is 10.3 Å². The Bertz CT molecular complexity index is 834. The van der Waals surface area contributed by atoms with Crippen molar-refractivity contribution in [3.05, 3.63) is 63.1 Å². The predicted octanol–water partition coefficient (Wildman–Crippen LogP) is 2.82. The number of benzene rings is 1. The van der Waals surface area contributed by atoms with Gasteiger partial charge in [-0.25, -0.2) is 4.68 Å². The molecule has 0 N–H and O–H groups in total. The van der Waals surface area contributed by atoms with E-state index in [0.717, 1.165) is 4.68 Å². The monoisotopic (exact) mass is 317 g/mol. The van der Waals surface area contributed by atoms with Gasteiger partial charge in [-0.15, -0.1) is 0 Å². The Hall–Kier alpha value is -3.01. The molecule has 0 radical (unpaired) electrons. The number of halogens is 2. The highest BCUT2D eigenvalue weighted by Crippen LogP contribution is 2.14. The van der Waals surface area contributed by atoms with Gasteiger partial charge in [-0.3, -0.25) is 4.79 Å². The number of aryl methyl sites for hydroxylation is 2. The van der Waals surface area contributed by atoms with Crippen LogP contribution in [0.25, 0.3) is 0 Å². The lowest BCUT2D eigenvalue weighted by atomic mass is 10.1. The topological polar surface area (TPSA) is 67.4 Å². The van der Waals surface area contributed by atoms with E-state index in [0.29, 0.717) is 16.8 Å². The van der Waals surface area contributed by atoms with Gasteiger partial charge in [0.05, 0.1) is 6.21 Å². The van der Waals surface area contributed by atoms with Crippen LogP contribution in [0.5, 0.6) is 5.75 Å². The first-order chi connectivity index (χ1) is 10.9. The Morgan fingerprint density at radius 2 is 1.96 bits per heavy atom. The first kappa shape index (κ1) is 16.4. The summed E-state index contributed by atoms with van der Waals surface area (Å²) in [6.45, 7) is 0.502.